The third-order valence-corrected chi connectivity index (χ3v) is 12.8. The van der Waals surface area contributed by atoms with Crippen molar-refractivity contribution in [1.29, 1.82) is 0 Å². The van der Waals surface area contributed by atoms with Gasteiger partial charge in [0, 0.05) is 23.8 Å². The first-order valence-electron chi connectivity index (χ1n) is 22.9. The normalized spacial score (nSPS) is 35.4. The molecule has 16 N–H and O–H groups in total. The monoisotopic (exact) mass is 1070 g/mol. The van der Waals surface area contributed by atoms with Crippen LogP contribution in [0.25, 0.3) is 28.4 Å². The average Bonchev–Trinajstić information content (AvgIpc) is 3.37. The zero-order valence-corrected chi connectivity index (χ0v) is 38.9. The quantitative estimate of drug-likeness (QED) is 0.0328. The minimum atomic E-state index is -2.27. The number of ether oxygens (including phenoxy) is 9. The molecule has 4 fully saturated rings. The van der Waals surface area contributed by atoms with E-state index < -0.39 is 205 Å². The number of hydrogen-bond acceptors (Lipinski definition) is 28. The second-order valence-electron chi connectivity index (χ2n) is 17.9. The summed E-state index contributed by atoms with van der Waals surface area (Å²) in [6.45, 7) is -1.10. The fourth-order valence-electron chi connectivity index (χ4n) is 8.59. The van der Waals surface area contributed by atoms with Crippen LogP contribution in [-0.2, 0) is 42.7 Å². The Hall–Kier alpha value is -6.00. The first kappa shape index (κ1) is 55.2. The molecular formula is C47H54O28. The summed E-state index contributed by atoms with van der Waals surface area (Å²) in [5.41, 5.74) is -1.64. The van der Waals surface area contributed by atoms with Crippen LogP contribution in [0.15, 0.2) is 63.8 Å². The molecule has 4 saturated heterocycles. The Kier molecular flexibility index (Phi) is 16.7. The number of hydrogen-bond donors (Lipinski definition) is 16. The minimum Gasteiger partial charge on any atom is -0.508 e. The van der Waals surface area contributed by atoms with Crippen LogP contribution in [0.3, 0.4) is 0 Å². The second-order valence-corrected chi connectivity index (χ2v) is 17.9. The molecule has 3 aromatic carbocycles. The maximum atomic E-state index is 14.4. The van der Waals surface area contributed by atoms with Crippen LogP contribution in [0.4, 0.5) is 0 Å². The van der Waals surface area contributed by atoms with Crippen molar-refractivity contribution in [2.75, 3.05) is 19.8 Å². The molecule has 0 saturated carbocycles. The third kappa shape index (κ3) is 11.4. The van der Waals surface area contributed by atoms with Gasteiger partial charge in [0.1, 0.15) is 95.7 Å². The van der Waals surface area contributed by atoms with Crippen LogP contribution in [0, 0.1) is 0 Å². The number of aliphatic hydroxyl groups is 10. The Labute approximate surface area is 421 Å². The number of benzene rings is 3. The number of carbonyl (C=O) groups excluding carboxylic acids is 1. The van der Waals surface area contributed by atoms with Gasteiger partial charge in [0.15, 0.2) is 59.8 Å². The van der Waals surface area contributed by atoms with Crippen molar-refractivity contribution in [1.82, 2.24) is 0 Å². The van der Waals surface area contributed by atoms with Crippen molar-refractivity contribution in [3.63, 3.8) is 0 Å². The highest BCUT2D eigenvalue weighted by molar-refractivity contribution is 5.89. The number of phenols is 6. The molecule has 4 aromatic rings. The van der Waals surface area contributed by atoms with Gasteiger partial charge in [0.25, 0.3) is 0 Å². The molecule has 19 atom stereocenters. The molecule has 19 unspecified atom stereocenters. The van der Waals surface area contributed by atoms with E-state index in [9.17, 15) is 91.3 Å². The number of rotatable bonds is 14. The summed E-state index contributed by atoms with van der Waals surface area (Å²) in [4.78, 5) is 27.9. The van der Waals surface area contributed by atoms with Gasteiger partial charge in [-0.2, -0.15) is 0 Å². The summed E-state index contributed by atoms with van der Waals surface area (Å²) < 4.78 is 58.3. The standard InChI is InChI=1S/C47H54O28/c1-15-30(57)40(73-44-37(64)31(58)24(55)13-66-44)43(72-28(56)7-3-16-2-5-19(50)21(52)8-16)46(68-15)67-14-27-33(60)36(63)42(75-45-38(65)35(62)32(59)26(12-48)70-45)47(71-27)74-41-34(61)29-23(54)10-18(49)11-25(29)69-39(41)17-4-6-20(51)22(53)9-17/h2-11,15,24,26-27,30-33,35-38,40,42-55,57-60,62-65H,12-14H2,1H3. The van der Waals surface area contributed by atoms with Gasteiger partial charge in [-0.15, -0.1) is 0 Å². The summed E-state index contributed by atoms with van der Waals surface area (Å²) in [7, 11) is 0. The van der Waals surface area contributed by atoms with Gasteiger partial charge in [-0.3, -0.25) is 4.79 Å². The zero-order valence-electron chi connectivity index (χ0n) is 38.9. The van der Waals surface area contributed by atoms with E-state index in [-0.39, 0.29) is 11.1 Å². The lowest BCUT2D eigenvalue weighted by Gasteiger charge is -2.47. The lowest BCUT2D eigenvalue weighted by atomic mass is 9.97. The van der Waals surface area contributed by atoms with E-state index in [0.29, 0.717) is 0 Å². The molecule has 0 amide bonds. The van der Waals surface area contributed by atoms with Gasteiger partial charge >= 0.3 is 5.97 Å². The third-order valence-electron chi connectivity index (χ3n) is 12.8. The molecule has 0 spiro atoms. The van der Waals surface area contributed by atoms with Gasteiger partial charge in [0.2, 0.25) is 17.5 Å². The van der Waals surface area contributed by atoms with Crippen molar-refractivity contribution in [3.8, 4) is 51.6 Å². The van der Waals surface area contributed by atoms with E-state index in [2.05, 4.69) is 0 Å². The summed E-state index contributed by atoms with van der Waals surface area (Å²) in [6.07, 6.45) is -33.9. The van der Waals surface area contributed by atoms with Gasteiger partial charge in [0.05, 0.1) is 25.9 Å². The molecular weight excluding hydrogens is 1010 g/mol. The fraction of sp³-hybridized carbons (Fsp3) is 0.489. The van der Waals surface area contributed by atoms with Gasteiger partial charge in [-0.1, -0.05) is 6.07 Å². The molecule has 4 aliphatic rings. The maximum Gasteiger partial charge on any atom is 0.331 e. The van der Waals surface area contributed by atoms with Crippen LogP contribution in [0.2, 0.25) is 0 Å². The van der Waals surface area contributed by atoms with Crippen LogP contribution < -0.4 is 10.2 Å². The van der Waals surface area contributed by atoms with Gasteiger partial charge < -0.3 is 129 Å². The smallest absolute Gasteiger partial charge is 0.331 e. The number of carbonyl (C=O) groups is 1. The molecule has 28 nitrogen and oxygen atoms in total. The largest absolute Gasteiger partial charge is 0.508 e. The first-order valence-corrected chi connectivity index (χ1v) is 22.9. The van der Waals surface area contributed by atoms with E-state index in [1.165, 1.54) is 13.0 Å². The molecule has 0 bridgehead atoms. The predicted octanol–water partition coefficient (Wildman–Crippen LogP) is -3.72. The maximum absolute atomic E-state index is 14.4. The molecule has 1 aromatic heterocycles. The molecule has 8 rings (SSSR count). The average molecular weight is 1070 g/mol. The van der Waals surface area contributed by atoms with Crippen molar-refractivity contribution in [2.24, 2.45) is 0 Å². The Balaban J connectivity index is 1.14. The van der Waals surface area contributed by atoms with E-state index >= 15 is 0 Å². The highest BCUT2D eigenvalue weighted by atomic mass is 16.8. The van der Waals surface area contributed by atoms with Crippen LogP contribution in [0.5, 0.6) is 40.2 Å². The predicted molar refractivity (Wildman–Crippen MR) is 242 cm³/mol. The SMILES string of the molecule is CC1OC(OCC2OC(Oc3c(-c4ccc(O)c(O)c4)oc4cc(O)cc(O)c4c3=O)C(OC3OC(CO)C(O)C(O)C3O)C(O)C2O)C(OC(=O)C=Cc2ccc(O)c(O)c2)C(OC2OCC(O)C(O)C2O)C1O. The van der Waals surface area contributed by atoms with Crippen LogP contribution in [-0.4, -0.2) is 224 Å². The van der Waals surface area contributed by atoms with Crippen molar-refractivity contribution < 1.29 is 134 Å². The topological polar surface area (TPSA) is 454 Å². The summed E-state index contributed by atoms with van der Waals surface area (Å²) in [6, 6.07) is 8.37. The molecule has 28 heteroatoms. The Morgan fingerprint density at radius 3 is 1.99 bits per heavy atom. The molecule has 4 aliphatic heterocycles. The number of fused-ring (bicyclic) bond motifs is 1. The Morgan fingerprint density at radius 2 is 1.29 bits per heavy atom. The van der Waals surface area contributed by atoms with Crippen LogP contribution >= 0.6 is 0 Å². The molecule has 0 aliphatic carbocycles. The first-order chi connectivity index (χ1) is 35.6. The number of aromatic hydroxyl groups is 6. The van der Waals surface area contributed by atoms with E-state index in [4.69, 9.17) is 47.0 Å². The molecule has 5 heterocycles. The highest BCUT2D eigenvalue weighted by Gasteiger charge is 2.54. The highest BCUT2D eigenvalue weighted by Crippen LogP contribution is 2.41. The summed E-state index contributed by atoms with van der Waals surface area (Å²) in [5, 5.41) is 169. The van der Waals surface area contributed by atoms with E-state index in [1.807, 2.05) is 0 Å². The van der Waals surface area contributed by atoms with Crippen molar-refractivity contribution >= 4 is 23.0 Å². The molecule has 75 heavy (non-hydrogen) atoms. The zero-order chi connectivity index (χ0) is 54.3. The Morgan fingerprint density at radius 1 is 0.640 bits per heavy atom. The van der Waals surface area contributed by atoms with Crippen molar-refractivity contribution in [2.45, 2.75) is 124 Å². The van der Waals surface area contributed by atoms with E-state index in [0.717, 1.165) is 54.6 Å². The number of aliphatic hydroxyl groups excluding tert-OH is 10. The Bertz CT molecular complexity index is 2750. The summed E-state index contributed by atoms with van der Waals surface area (Å²) in [5.74, 6) is -6.39. The van der Waals surface area contributed by atoms with E-state index in [1.54, 1.807) is 0 Å². The van der Waals surface area contributed by atoms with Gasteiger partial charge in [-0.05, 0) is 48.9 Å². The lowest BCUT2D eigenvalue weighted by Crippen LogP contribution is -2.66. The number of phenolic OH excluding ortho intramolecular Hbond substituents is 6. The molecule has 410 valence electrons. The minimum absolute atomic E-state index is 0.194. The van der Waals surface area contributed by atoms with Crippen LogP contribution in [0.1, 0.15) is 12.5 Å². The second kappa shape index (κ2) is 22.7. The van der Waals surface area contributed by atoms with Crippen molar-refractivity contribution in [3.05, 3.63) is 70.4 Å². The lowest BCUT2D eigenvalue weighted by molar-refractivity contribution is -0.366. The molecule has 0 radical (unpaired) electrons. The number of esters is 1. The van der Waals surface area contributed by atoms with Gasteiger partial charge in [-0.25, -0.2) is 4.79 Å². The fourth-order valence-corrected chi connectivity index (χ4v) is 8.59. The summed E-state index contributed by atoms with van der Waals surface area (Å²) >= 11 is 0.